The lowest BCUT2D eigenvalue weighted by Gasteiger charge is -2.16. The normalized spacial score (nSPS) is 9.95. The van der Waals surface area contributed by atoms with E-state index in [9.17, 15) is 9.59 Å². The minimum atomic E-state index is -0.707. The van der Waals surface area contributed by atoms with Gasteiger partial charge in [0, 0.05) is 13.6 Å². The molecule has 0 aliphatic heterocycles. The second-order valence-electron chi connectivity index (χ2n) is 4.66. The lowest BCUT2D eigenvalue weighted by atomic mass is 10.1. The van der Waals surface area contributed by atoms with E-state index in [0.29, 0.717) is 18.9 Å². The minimum absolute atomic E-state index is 0.277. The van der Waals surface area contributed by atoms with Crippen molar-refractivity contribution >= 4 is 12.2 Å². The highest BCUT2D eigenvalue weighted by Crippen LogP contribution is 2.15. The lowest BCUT2D eigenvalue weighted by molar-refractivity contribution is 0.104. The molecule has 0 fully saturated rings. The number of aryl methyl sites for hydroxylation is 1. The summed E-state index contributed by atoms with van der Waals surface area (Å²) in [5.41, 5.74) is 1.03. The molecule has 1 aromatic carbocycles. The summed E-state index contributed by atoms with van der Waals surface area (Å²) in [4.78, 5) is 24.3. The number of carbonyl (C=O) groups excluding carboxylic acids is 2. The van der Waals surface area contributed by atoms with Crippen LogP contribution >= 0.6 is 0 Å². The van der Waals surface area contributed by atoms with Crippen molar-refractivity contribution in [2.75, 3.05) is 26.8 Å². The van der Waals surface area contributed by atoms with Gasteiger partial charge < -0.3 is 19.1 Å². The first-order chi connectivity index (χ1) is 10.6. The second-order valence-corrected chi connectivity index (χ2v) is 4.66. The van der Waals surface area contributed by atoms with E-state index >= 15 is 0 Å². The predicted octanol–water partition coefficient (Wildman–Crippen LogP) is 3.24. The Morgan fingerprint density at radius 2 is 1.86 bits per heavy atom. The SMILES string of the molecule is CCOC(=O)Oc1cccc(CCCN(C)C(=O)OCC)c1. The maximum absolute atomic E-state index is 11.5. The molecular formula is C16H23NO5. The quantitative estimate of drug-likeness (QED) is 0.571. The molecule has 0 atom stereocenters. The molecule has 122 valence electrons. The first-order valence-electron chi connectivity index (χ1n) is 7.38. The molecule has 0 aliphatic carbocycles. The highest BCUT2D eigenvalue weighted by Gasteiger charge is 2.09. The van der Waals surface area contributed by atoms with Crippen LogP contribution in [0, 0.1) is 0 Å². The first kappa shape index (κ1) is 17.8. The number of rotatable bonds is 7. The zero-order valence-corrected chi connectivity index (χ0v) is 13.3. The second kappa shape index (κ2) is 9.65. The van der Waals surface area contributed by atoms with Crippen molar-refractivity contribution in [2.24, 2.45) is 0 Å². The molecule has 1 aromatic rings. The average molecular weight is 309 g/mol. The van der Waals surface area contributed by atoms with Crippen molar-refractivity contribution < 1.29 is 23.8 Å². The zero-order chi connectivity index (χ0) is 16.4. The van der Waals surface area contributed by atoms with E-state index in [4.69, 9.17) is 14.2 Å². The van der Waals surface area contributed by atoms with Gasteiger partial charge in [-0.15, -0.1) is 0 Å². The molecule has 0 saturated carbocycles. The molecule has 1 rings (SSSR count). The fourth-order valence-corrected chi connectivity index (χ4v) is 1.85. The number of ether oxygens (including phenoxy) is 3. The Labute approximate surface area is 131 Å². The monoisotopic (exact) mass is 309 g/mol. The largest absolute Gasteiger partial charge is 0.513 e. The lowest BCUT2D eigenvalue weighted by Crippen LogP contribution is -2.28. The summed E-state index contributed by atoms with van der Waals surface area (Å²) in [6, 6.07) is 7.26. The van der Waals surface area contributed by atoms with Gasteiger partial charge in [-0.1, -0.05) is 12.1 Å². The average Bonchev–Trinajstić information content (AvgIpc) is 2.48. The van der Waals surface area contributed by atoms with E-state index in [-0.39, 0.29) is 12.7 Å². The first-order valence-corrected chi connectivity index (χ1v) is 7.38. The molecule has 0 saturated heterocycles. The predicted molar refractivity (Wildman–Crippen MR) is 82.1 cm³/mol. The van der Waals surface area contributed by atoms with Gasteiger partial charge in [0.2, 0.25) is 0 Å². The summed E-state index contributed by atoms with van der Waals surface area (Å²) >= 11 is 0. The van der Waals surface area contributed by atoms with Crippen LogP contribution in [0.25, 0.3) is 0 Å². The molecule has 1 amide bonds. The van der Waals surface area contributed by atoms with Crippen molar-refractivity contribution in [3.05, 3.63) is 29.8 Å². The molecule has 6 heteroatoms. The molecule has 0 spiro atoms. The zero-order valence-electron chi connectivity index (χ0n) is 13.3. The van der Waals surface area contributed by atoms with Crippen LogP contribution in [0.2, 0.25) is 0 Å². The van der Waals surface area contributed by atoms with Crippen molar-refractivity contribution in [2.45, 2.75) is 26.7 Å². The van der Waals surface area contributed by atoms with E-state index in [2.05, 4.69) is 0 Å². The fraction of sp³-hybridized carbons (Fsp3) is 0.500. The standard InChI is InChI=1S/C16H23NO5/c1-4-20-15(18)17(3)11-7-9-13-8-6-10-14(12-13)22-16(19)21-5-2/h6,8,10,12H,4-5,7,9,11H2,1-3H3. The van der Waals surface area contributed by atoms with Crippen LogP contribution in [0.5, 0.6) is 5.75 Å². The molecule has 0 aromatic heterocycles. The maximum Gasteiger partial charge on any atom is 0.513 e. The molecule has 22 heavy (non-hydrogen) atoms. The third-order valence-electron chi connectivity index (χ3n) is 2.90. The highest BCUT2D eigenvalue weighted by atomic mass is 16.7. The Bertz CT molecular complexity index is 489. The van der Waals surface area contributed by atoms with Crippen LogP contribution in [-0.4, -0.2) is 44.0 Å². The number of nitrogens with zero attached hydrogens (tertiary/aromatic N) is 1. The number of hydrogen-bond donors (Lipinski definition) is 0. The summed E-state index contributed by atoms with van der Waals surface area (Å²) in [7, 11) is 1.71. The van der Waals surface area contributed by atoms with E-state index in [1.165, 1.54) is 0 Å². The molecule has 0 radical (unpaired) electrons. The molecule has 0 N–H and O–H groups in total. The molecule has 0 heterocycles. The number of benzene rings is 1. The van der Waals surface area contributed by atoms with Crippen molar-refractivity contribution in [1.29, 1.82) is 0 Å². The Morgan fingerprint density at radius 3 is 2.55 bits per heavy atom. The van der Waals surface area contributed by atoms with Crippen LogP contribution in [-0.2, 0) is 15.9 Å². The summed E-state index contributed by atoms with van der Waals surface area (Å²) in [5.74, 6) is 0.453. The summed E-state index contributed by atoms with van der Waals surface area (Å²) < 4.78 is 14.7. The number of amides is 1. The van der Waals surface area contributed by atoms with Gasteiger partial charge in [-0.3, -0.25) is 0 Å². The van der Waals surface area contributed by atoms with Gasteiger partial charge in [0.1, 0.15) is 5.75 Å². The fourth-order valence-electron chi connectivity index (χ4n) is 1.85. The molecule has 0 aliphatic rings. The van der Waals surface area contributed by atoms with Crippen molar-refractivity contribution in [1.82, 2.24) is 4.90 Å². The third kappa shape index (κ3) is 6.47. The highest BCUT2D eigenvalue weighted by molar-refractivity contribution is 5.67. The van der Waals surface area contributed by atoms with E-state index in [0.717, 1.165) is 18.4 Å². The molecular weight excluding hydrogens is 286 g/mol. The van der Waals surface area contributed by atoms with Gasteiger partial charge in [0.25, 0.3) is 0 Å². The Kier molecular flexibility index (Phi) is 7.81. The van der Waals surface area contributed by atoms with Gasteiger partial charge in [-0.05, 0) is 44.4 Å². The smallest absolute Gasteiger partial charge is 0.450 e. The van der Waals surface area contributed by atoms with Crippen LogP contribution in [0.3, 0.4) is 0 Å². The van der Waals surface area contributed by atoms with Gasteiger partial charge in [-0.25, -0.2) is 9.59 Å². The van der Waals surface area contributed by atoms with E-state index in [1.807, 2.05) is 12.1 Å². The van der Waals surface area contributed by atoms with Gasteiger partial charge in [0.15, 0.2) is 0 Å². The summed E-state index contributed by atoms with van der Waals surface area (Å²) in [6.07, 6.45) is 0.533. The van der Waals surface area contributed by atoms with Gasteiger partial charge in [-0.2, -0.15) is 0 Å². The molecule has 6 nitrogen and oxygen atoms in total. The van der Waals surface area contributed by atoms with Crippen LogP contribution < -0.4 is 4.74 Å². The van der Waals surface area contributed by atoms with Crippen molar-refractivity contribution in [3.8, 4) is 5.75 Å². The van der Waals surface area contributed by atoms with E-state index in [1.54, 1.807) is 37.9 Å². The van der Waals surface area contributed by atoms with Crippen molar-refractivity contribution in [3.63, 3.8) is 0 Å². The minimum Gasteiger partial charge on any atom is -0.450 e. The Hall–Kier alpha value is -2.24. The Balaban J connectivity index is 2.43. The van der Waals surface area contributed by atoms with Crippen LogP contribution in [0.15, 0.2) is 24.3 Å². The molecule has 0 unspecified atom stereocenters. The number of carbonyl (C=O) groups is 2. The topological polar surface area (TPSA) is 65.1 Å². The summed E-state index contributed by atoms with van der Waals surface area (Å²) in [6.45, 7) is 4.75. The molecule has 0 bridgehead atoms. The van der Waals surface area contributed by atoms with Crippen LogP contribution in [0.4, 0.5) is 9.59 Å². The van der Waals surface area contributed by atoms with Crippen LogP contribution in [0.1, 0.15) is 25.8 Å². The van der Waals surface area contributed by atoms with E-state index < -0.39 is 6.16 Å². The number of hydrogen-bond acceptors (Lipinski definition) is 5. The Morgan fingerprint density at radius 1 is 1.14 bits per heavy atom. The van der Waals surface area contributed by atoms with Gasteiger partial charge >= 0.3 is 12.2 Å². The summed E-state index contributed by atoms with van der Waals surface area (Å²) in [5, 5.41) is 0. The maximum atomic E-state index is 11.5. The van der Waals surface area contributed by atoms with Gasteiger partial charge in [0.05, 0.1) is 13.2 Å². The third-order valence-corrected chi connectivity index (χ3v) is 2.90.